The molecule has 1 fully saturated rings. The lowest BCUT2D eigenvalue weighted by molar-refractivity contribution is -0.150. The van der Waals surface area contributed by atoms with Crippen molar-refractivity contribution in [1.29, 1.82) is 0 Å². The van der Waals surface area contributed by atoms with Crippen molar-refractivity contribution in [1.82, 2.24) is 4.90 Å². The van der Waals surface area contributed by atoms with E-state index in [0.717, 1.165) is 32.2 Å². The number of ether oxygens (including phenoxy) is 4. The molecule has 0 aromatic carbocycles. The second-order valence-electron chi connectivity index (χ2n) is 7.92. The maximum atomic E-state index is 12.4. The third-order valence-corrected chi connectivity index (χ3v) is 5.26. The topological polar surface area (TPSA) is 115 Å². The molecule has 3 unspecified atom stereocenters. The van der Waals surface area contributed by atoms with Crippen LogP contribution in [0, 0.1) is 0 Å². The lowest BCUT2D eigenvalue weighted by atomic mass is 10.0. The molecule has 2 N–H and O–H groups in total. The van der Waals surface area contributed by atoms with Gasteiger partial charge in [0, 0.05) is 32.4 Å². The maximum absolute atomic E-state index is 12.4. The van der Waals surface area contributed by atoms with Gasteiger partial charge in [-0.1, -0.05) is 6.42 Å². The normalized spacial score (nSPS) is 17.8. The smallest absolute Gasteiger partial charge is 0.302 e. The van der Waals surface area contributed by atoms with Gasteiger partial charge < -0.3 is 34.1 Å². The molecule has 31 heavy (non-hydrogen) atoms. The summed E-state index contributed by atoms with van der Waals surface area (Å²) in [6.45, 7) is 5.45. The van der Waals surface area contributed by atoms with E-state index in [2.05, 4.69) is 0 Å². The Balaban J connectivity index is 2.60. The molecule has 9 nitrogen and oxygen atoms in total. The summed E-state index contributed by atoms with van der Waals surface area (Å²) in [6, 6.07) is 0.0838. The number of aliphatic hydroxyl groups is 2. The molecule has 0 spiro atoms. The van der Waals surface area contributed by atoms with E-state index in [4.69, 9.17) is 29.2 Å². The minimum atomic E-state index is -0.358. The first kappa shape index (κ1) is 27.8. The SMILES string of the molecule is CC(=O)OC(CCC(C)N1CCCCCC1=O)CC(COCCO)OCCOCCO. The fourth-order valence-electron chi connectivity index (χ4n) is 3.71. The van der Waals surface area contributed by atoms with Crippen LogP contribution in [0.15, 0.2) is 0 Å². The molecule has 0 aliphatic carbocycles. The Kier molecular flexibility index (Phi) is 15.5. The van der Waals surface area contributed by atoms with Crippen LogP contribution < -0.4 is 0 Å². The van der Waals surface area contributed by atoms with Gasteiger partial charge in [-0.25, -0.2) is 0 Å². The van der Waals surface area contributed by atoms with Crippen molar-refractivity contribution in [2.24, 2.45) is 0 Å². The van der Waals surface area contributed by atoms with Crippen LogP contribution in [-0.2, 0) is 28.5 Å². The Morgan fingerprint density at radius 2 is 1.74 bits per heavy atom. The van der Waals surface area contributed by atoms with Crippen LogP contribution in [0.25, 0.3) is 0 Å². The molecule has 0 aromatic rings. The minimum absolute atomic E-state index is 0.0464. The number of aliphatic hydroxyl groups excluding tert-OH is 2. The third-order valence-electron chi connectivity index (χ3n) is 5.26. The van der Waals surface area contributed by atoms with Crippen molar-refractivity contribution in [3.05, 3.63) is 0 Å². The minimum Gasteiger partial charge on any atom is -0.462 e. The van der Waals surface area contributed by atoms with Crippen molar-refractivity contribution in [2.45, 2.75) is 77.0 Å². The number of carbonyl (C=O) groups is 2. The van der Waals surface area contributed by atoms with Crippen molar-refractivity contribution in [3.63, 3.8) is 0 Å². The third kappa shape index (κ3) is 13.0. The molecule has 182 valence electrons. The highest BCUT2D eigenvalue weighted by Crippen LogP contribution is 2.20. The lowest BCUT2D eigenvalue weighted by Gasteiger charge is -2.30. The molecular formula is C22H41NO8. The van der Waals surface area contributed by atoms with Crippen molar-refractivity contribution < 1.29 is 38.7 Å². The summed E-state index contributed by atoms with van der Waals surface area (Å²) in [7, 11) is 0. The van der Waals surface area contributed by atoms with Gasteiger partial charge in [0.15, 0.2) is 0 Å². The average molecular weight is 448 g/mol. The molecule has 9 heteroatoms. The van der Waals surface area contributed by atoms with Crippen LogP contribution in [0.2, 0.25) is 0 Å². The van der Waals surface area contributed by atoms with Gasteiger partial charge in [-0.05, 0) is 32.6 Å². The van der Waals surface area contributed by atoms with E-state index in [-0.39, 0.29) is 63.2 Å². The highest BCUT2D eigenvalue weighted by atomic mass is 16.6. The first-order valence-corrected chi connectivity index (χ1v) is 11.4. The predicted molar refractivity (Wildman–Crippen MR) is 115 cm³/mol. The van der Waals surface area contributed by atoms with E-state index in [0.29, 0.717) is 32.5 Å². The van der Waals surface area contributed by atoms with Crippen LogP contribution in [0.5, 0.6) is 0 Å². The fourth-order valence-corrected chi connectivity index (χ4v) is 3.71. The molecule has 3 atom stereocenters. The number of amides is 1. The van der Waals surface area contributed by atoms with Gasteiger partial charge in [0.1, 0.15) is 6.10 Å². The molecule has 0 radical (unpaired) electrons. The lowest BCUT2D eigenvalue weighted by Crippen LogP contribution is -2.39. The molecule has 0 bridgehead atoms. The summed E-state index contributed by atoms with van der Waals surface area (Å²) < 4.78 is 22.0. The maximum Gasteiger partial charge on any atom is 0.302 e. The molecule has 1 heterocycles. The van der Waals surface area contributed by atoms with E-state index < -0.39 is 0 Å². The van der Waals surface area contributed by atoms with Gasteiger partial charge in [0.05, 0.1) is 52.4 Å². The number of esters is 1. The molecule has 1 saturated heterocycles. The van der Waals surface area contributed by atoms with Crippen molar-refractivity contribution in [3.8, 4) is 0 Å². The number of hydrogen-bond donors (Lipinski definition) is 2. The summed E-state index contributed by atoms with van der Waals surface area (Å²) >= 11 is 0. The Morgan fingerprint density at radius 3 is 2.45 bits per heavy atom. The number of carbonyl (C=O) groups excluding carboxylic acids is 2. The molecule has 1 aliphatic heterocycles. The number of hydrogen-bond acceptors (Lipinski definition) is 8. The number of nitrogens with zero attached hydrogens (tertiary/aromatic N) is 1. The van der Waals surface area contributed by atoms with E-state index in [1.807, 2.05) is 11.8 Å². The summed E-state index contributed by atoms with van der Waals surface area (Å²) in [4.78, 5) is 25.9. The number of rotatable bonds is 17. The zero-order valence-electron chi connectivity index (χ0n) is 19.1. The van der Waals surface area contributed by atoms with E-state index in [1.165, 1.54) is 6.92 Å². The van der Waals surface area contributed by atoms with E-state index >= 15 is 0 Å². The Bertz CT molecular complexity index is 490. The first-order chi connectivity index (χ1) is 15.0. The Morgan fingerprint density at radius 1 is 1.00 bits per heavy atom. The Labute approximate surface area is 186 Å². The fraction of sp³-hybridized carbons (Fsp3) is 0.909. The summed E-state index contributed by atoms with van der Waals surface area (Å²) in [5.74, 6) is -0.152. The second kappa shape index (κ2) is 17.3. The monoisotopic (exact) mass is 447 g/mol. The zero-order chi connectivity index (χ0) is 22.9. The molecule has 0 saturated carbocycles. The van der Waals surface area contributed by atoms with Crippen LogP contribution in [-0.4, -0.2) is 98.0 Å². The van der Waals surface area contributed by atoms with Crippen molar-refractivity contribution >= 4 is 11.9 Å². The van der Waals surface area contributed by atoms with E-state index in [1.54, 1.807) is 0 Å². The largest absolute Gasteiger partial charge is 0.462 e. The molecule has 1 amide bonds. The highest BCUT2D eigenvalue weighted by Gasteiger charge is 2.25. The predicted octanol–water partition coefficient (Wildman–Crippen LogP) is 1.28. The van der Waals surface area contributed by atoms with Gasteiger partial charge in [0.25, 0.3) is 0 Å². The molecule has 0 aromatic heterocycles. The van der Waals surface area contributed by atoms with Crippen LogP contribution in [0.4, 0.5) is 0 Å². The quantitative estimate of drug-likeness (QED) is 0.253. The van der Waals surface area contributed by atoms with Crippen LogP contribution >= 0.6 is 0 Å². The van der Waals surface area contributed by atoms with Gasteiger partial charge >= 0.3 is 5.97 Å². The van der Waals surface area contributed by atoms with Gasteiger partial charge in [-0.15, -0.1) is 0 Å². The van der Waals surface area contributed by atoms with Crippen molar-refractivity contribution in [2.75, 3.05) is 52.8 Å². The summed E-state index contributed by atoms with van der Waals surface area (Å²) in [5.41, 5.74) is 0. The summed E-state index contributed by atoms with van der Waals surface area (Å²) in [6.07, 6.45) is 4.78. The van der Waals surface area contributed by atoms with Crippen LogP contribution in [0.1, 0.15) is 58.8 Å². The number of likely N-dealkylation sites (tertiary alicyclic amines) is 1. The average Bonchev–Trinajstić information content (AvgIpc) is 2.95. The molecule has 1 rings (SSSR count). The Hall–Kier alpha value is -1.26. The van der Waals surface area contributed by atoms with Crippen LogP contribution in [0.3, 0.4) is 0 Å². The van der Waals surface area contributed by atoms with Gasteiger partial charge in [0.2, 0.25) is 5.91 Å². The second-order valence-corrected chi connectivity index (χ2v) is 7.92. The van der Waals surface area contributed by atoms with E-state index in [9.17, 15) is 9.59 Å². The zero-order valence-corrected chi connectivity index (χ0v) is 19.1. The summed E-state index contributed by atoms with van der Waals surface area (Å²) in [5, 5.41) is 17.7. The van der Waals surface area contributed by atoms with Gasteiger partial charge in [-0.3, -0.25) is 9.59 Å². The van der Waals surface area contributed by atoms with Gasteiger partial charge in [-0.2, -0.15) is 0 Å². The standard InChI is InChI=1S/C22H41NO8/c1-18(23-9-5-3-4-6-22(23)27)7-8-20(31-19(2)26)16-21(17-29-13-11-25)30-15-14-28-12-10-24/h18,20-21,24-25H,3-17H2,1-2H3. The molecular weight excluding hydrogens is 406 g/mol. The first-order valence-electron chi connectivity index (χ1n) is 11.4. The highest BCUT2D eigenvalue weighted by molar-refractivity contribution is 5.76. The molecule has 1 aliphatic rings.